The maximum absolute atomic E-state index is 10.6. The highest BCUT2D eigenvalue weighted by Crippen LogP contribution is 2.24. The van der Waals surface area contributed by atoms with E-state index in [1.165, 1.54) is 6.07 Å². The lowest BCUT2D eigenvalue weighted by atomic mass is 10.1. The predicted molar refractivity (Wildman–Crippen MR) is 56.6 cm³/mol. The first-order valence-corrected chi connectivity index (χ1v) is 4.64. The van der Waals surface area contributed by atoms with Crippen LogP contribution < -0.4 is 5.32 Å². The Bertz CT molecular complexity index is 337. The topological polar surface area (TPSA) is 55.2 Å². The largest absolute Gasteiger partial charge is 0.385 e. The quantitative estimate of drug-likeness (QED) is 0.592. The SMILES string of the molecule is CCCNc1cccc([N+](=O)[O-])c1C. The number of hydrogen-bond acceptors (Lipinski definition) is 3. The third kappa shape index (κ3) is 2.22. The number of nitrogens with zero attached hydrogens (tertiary/aromatic N) is 1. The van der Waals surface area contributed by atoms with Crippen molar-refractivity contribution in [2.45, 2.75) is 20.3 Å². The average molecular weight is 194 g/mol. The zero-order valence-corrected chi connectivity index (χ0v) is 8.41. The summed E-state index contributed by atoms with van der Waals surface area (Å²) in [5, 5.41) is 13.8. The zero-order valence-electron chi connectivity index (χ0n) is 8.41. The minimum absolute atomic E-state index is 0.172. The molecule has 0 bridgehead atoms. The number of nitrogens with one attached hydrogen (secondary N) is 1. The number of anilines is 1. The molecule has 1 aromatic carbocycles. The standard InChI is InChI=1S/C10H14N2O2/c1-3-7-11-9-5-4-6-10(8(9)2)12(13)14/h4-6,11H,3,7H2,1-2H3. The van der Waals surface area contributed by atoms with E-state index in [1.807, 2.05) is 6.07 Å². The van der Waals surface area contributed by atoms with Crippen LogP contribution in [0.4, 0.5) is 11.4 Å². The lowest BCUT2D eigenvalue weighted by molar-refractivity contribution is -0.385. The zero-order chi connectivity index (χ0) is 10.6. The first-order chi connectivity index (χ1) is 6.66. The van der Waals surface area contributed by atoms with Gasteiger partial charge in [-0.3, -0.25) is 10.1 Å². The average Bonchev–Trinajstić information content (AvgIpc) is 2.16. The molecule has 14 heavy (non-hydrogen) atoms. The van der Waals surface area contributed by atoms with Crippen LogP contribution in [0.5, 0.6) is 0 Å². The number of hydrogen-bond donors (Lipinski definition) is 1. The first-order valence-electron chi connectivity index (χ1n) is 4.64. The molecule has 0 radical (unpaired) electrons. The summed E-state index contributed by atoms with van der Waals surface area (Å²) in [4.78, 5) is 10.3. The highest BCUT2D eigenvalue weighted by Gasteiger charge is 2.12. The van der Waals surface area contributed by atoms with Gasteiger partial charge in [-0.15, -0.1) is 0 Å². The molecule has 1 aromatic rings. The predicted octanol–water partition coefficient (Wildman–Crippen LogP) is 2.73. The third-order valence-corrected chi connectivity index (χ3v) is 2.07. The molecule has 0 aliphatic carbocycles. The van der Waals surface area contributed by atoms with Crippen molar-refractivity contribution in [1.82, 2.24) is 0 Å². The Kier molecular flexibility index (Phi) is 3.45. The fourth-order valence-corrected chi connectivity index (χ4v) is 1.27. The first kappa shape index (κ1) is 10.5. The van der Waals surface area contributed by atoms with Crippen LogP contribution in [0.25, 0.3) is 0 Å². The monoisotopic (exact) mass is 194 g/mol. The van der Waals surface area contributed by atoms with Crippen molar-refractivity contribution in [3.63, 3.8) is 0 Å². The van der Waals surface area contributed by atoms with Crippen LogP contribution >= 0.6 is 0 Å². The summed E-state index contributed by atoms with van der Waals surface area (Å²) in [6.45, 7) is 4.65. The summed E-state index contributed by atoms with van der Waals surface area (Å²) in [5.74, 6) is 0. The molecule has 0 saturated heterocycles. The van der Waals surface area contributed by atoms with Gasteiger partial charge in [0.25, 0.3) is 5.69 Å². The summed E-state index contributed by atoms with van der Waals surface area (Å²) >= 11 is 0. The maximum Gasteiger partial charge on any atom is 0.274 e. The minimum Gasteiger partial charge on any atom is -0.385 e. The number of rotatable bonds is 4. The van der Waals surface area contributed by atoms with Crippen LogP contribution in [0.2, 0.25) is 0 Å². The van der Waals surface area contributed by atoms with E-state index in [0.29, 0.717) is 5.56 Å². The van der Waals surface area contributed by atoms with Crippen molar-refractivity contribution >= 4 is 11.4 Å². The number of nitro benzene ring substituents is 1. The summed E-state index contributed by atoms with van der Waals surface area (Å²) in [6.07, 6.45) is 1.00. The van der Waals surface area contributed by atoms with Crippen molar-refractivity contribution in [3.05, 3.63) is 33.9 Å². The van der Waals surface area contributed by atoms with Gasteiger partial charge in [-0.05, 0) is 19.4 Å². The van der Waals surface area contributed by atoms with Gasteiger partial charge in [0.2, 0.25) is 0 Å². The van der Waals surface area contributed by atoms with Crippen molar-refractivity contribution < 1.29 is 4.92 Å². The molecule has 0 aliphatic heterocycles. The van der Waals surface area contributed by atoms with Crippen molar-refractivity contribution in [2.24, 2.45) is 0 Å². The second kappa shape index (κ2) is 4.60. The van der Waals surface area contributed by atoms with E-state index in [2.05, 4.69) is 12.2 Å². The van der Waals surface area contributed by atoms with Gasteiger partial charge in [0, 0.05) is 23.9 Å². The van der Waals surface area contributed by atoms with Gasteiger partial charge in [-0.2, -0.15) is 0 Å². The fraction of sp³-hybridized carbons (Fsp3) is 0.400. The lowest BCUT2D eigenvalue weighted by Crippen LogP contribution is -2.03. The second-order valence-corrected chi connectivity index (χ2v) is 3.13. The van der Waals surface area contributed by atoms with E-state index < -0.39 is 0 Å². The van der Waals surface area contributed by atoms with Gasteiger partial charge >= 0.3 is 0 Å². The molecule has 0 spiro atoms. The lowest BCUT2D eigenvalue weighted by Gasteiger charge is -2.07. The second-order valence-electron chi connectivity index (χ2n) is 3.13. The van der Waals surface area contributed by atoms with E-state index in [9.17, 15) is 10.1 Å². The van der Waals surface area contributed by atoms with Crippen LogP contribution in [-0.2, 0) is 0 Å². The fourth-order valence-electron chi connectivity index (χ4n) is 1.27. The Morgan fingerprint density at radius 2 is 2.21 bits per heavy atom. The van der Waals surface area contributed by atoms with Crippen molar-refractivity contribution in [1.29, 1.82) is 0 Å². The third-order valence-electron chi connectivity index (χ3n) is 2.07. The van der Waals surface area contributed by atoms with Crippen LogP contribution in [-0.4, -0.2) is 11.5 Å². The summed E-state index contributed by atoms with van der Waals surface area (Å²) in [5.41, 5.74) is 1.72. The molecule has 4 nitrogen and oxygen atoms in total. The Hall–Kier alpha value is -1.58. The molecule has 0 atom stereocenters. The molecule has 1 N–H and O–H groups in total. The Morgan fingerprint density at radius 3 is 2.79 bits per heavy atom. The Morgan fingerprint density at radius 1 is 1.50 bits per heavy atom. The summed E-state index contributed by atoms with van der Waals surface area (Å²) in [6, 6.07) is 5.08. The summed E-state index contributed by atoms with van der Waals surface area (Å²) in [7, 11) is 0. The van der Waals surface area contributed by atoms with Crippen molar-refractivity contribution in [2.75, 3.05) is 11.9 Å². The van der Waals surface area contributed by atoms with Gasteiger partial charge in [-0.25, -0.2) is 0 Å². The van der Waals surface area contributed by atoms with Gasteiger partial charge in [0.05, 0.1) is 4.92 Å². The van der Waals surface area contributed by atoms with Crippen LogP contribution in [0, 0.1) is 17.0 Å². The number of nitro groups is 1. The number of benzene rings is 1. The van der Waals surface area contributed by atoms with E-state index in [0.717, 1.165) is 18.7 Å². The Labute approximate surface area is 83.1 Å². The van der Waals surface area contributed by atoms with E-state index in [-0.39, 0.29) is 10.6 Å². The highest BCUT2D eigenvalue weighted by atomic mass is 16.6. The molecular formula is C10H14N2O2. The van der Waals surface area contributed by atoms with Gasteiger partial charge in [0.15, 0.2) is 0 Å². The molecule has 0 aromatic heterocycles. The van der Waals surface area contributed by atoms with Crippen LogP contribution in [0.3, 0.4) is 0 Å². The molecule has 0 saturated carbocycles. The van der Waals surface area contributed by atoms with E-state index in [4.69, 9.17) is 0 Å². The summed E-state index contributed by atoms with van der Waals surface area (Å²) < 4.78 is 0. The van der Waals surface area contributed by atoms with Crippen LogP contribution in [0.1, 0.15) is 18.9 Å². The molecule has 0 heterocycles. The molecule has 0 aliphatic rings. The molecule has 4 heteroatoms. The molecule has 0 unspecified atom stereocenters. The van der Waals surface area contributed by atoms with E-state index in [1.54, 1.807) is 13.0 Å². The maximum atomic E-state index is 10.6. The molecular weight excluding hydrogens is 180 g/mol. The normalized spacial score (nSPS) is 9.86. The Balaban J connectivity index is 2.95. The van der Waals surface area contributed by atoms with Gasteiger partial charge in [-0.1, -0.05) is 13.0 Å². The minimum atomic E-state index is -0.355. The van der Waals surface area contributed by atoms with E-state index >= 15 is 0 Å². The van der Waals surface area contributed by atoms with Gasteiger partial charge < -0.3 is 5.32 Å². The smallest absolute Gasteiger partial charge is 0.274 e. The van der Waals surface area contributed by atoms with Crippen LogP contribution in [0.15, 0.2) is 18.2 Å². The highest BCUT2D eigenvalue weighted by molar-refractivity contribution is 5.59. The molecule has 1 rings (SSSR count). The molecule has 0 fully saturated rings. The molecule has 76 valence electrons. The molecule has 0 amide bonds. The van der Waals surface area contributed by atoms with Crippen molar-refractivity contribution in [3.8, 4) is 0 Å². The van der Waals surface area contributed by atoms with Gasteiger partial charge in [0.1, 0.15) is 0 Å².